The SMILES string of the molecule is COc1ccc(C(C)(C)C(=O)N2CCC(c3nnc4n3CCNC4)CC2)cc1.Cl. The lowest BCUT2D eigenvalue weighted by Crippen LogP contribution is -2.47. The minimum absolute atomic E-state index is 0. The van der Waals surface area contributed by atoms with Gasteiger partial charge in [-0.05, 0) is 44.4 Å². The van der Waals surface area contributed by atoms with Gasteiger partial charge in [0.15, 0.2) is 0 Å². The van der Waals surface area contributed by atoms with Crippen LogP contribution < -0.4 is 10.1 Å². The number of likely N-dealkylation sites (tertiary alicyclic amines) is 1. The summed E-state index contributed by atoms with van der Waals surface area (Å²) in [6.45, 7) is 8.23. The van der Waals surface area contributed by atoms with Crippen LogP contribution in [0.1, 0.15) is 49.8 Å². The summed E-state index contributed by atoms with van der Waals surface area (Å²) in [5.74, 6) is 3.49. The Labute approximate surface area is 178 Å². The number of ether oxygens (including phenoxy) is 1. The van der Waals surface area contributed by atoms with Gasteiger partial charge in [-0.25, -0.2) is 0 Å². The molecule has 29 heavy (non-hydrogen) atoms. The Kier molecular flexibility index (Phi) is 6.49. The summed E-state index contributed by atoms with van der Waals surface area (Å²) in [6, 6.07) is 7.81. The van der Waals surface area contributed by atoms with E-state index >= 15 is 0 Å². The highest BCUT2D eigenvalue weighted by molar-refractivity contribution is 5.87. The highest BCUT2D eigenvalue weighted by Crippen LogP contribution is 2.32. The van der Waals surface area contributed by atoms with Crippen molar-refractivity contribution in [2.75, 3.05) is 26.7 Å². The first kappa shape index (κ1) is 21.6. The predicted molar refractivity (Wildman–Crippen MR) is 114 cm³/mol. The molecule has 0 bridgehead atoms. The van der Waals surface area contributed by atoms with Crippen LogP contribution in [0.5, 0.6) is 5.75 Å². The monoisotopic (exact) mass is 419 g/mol. The summed E-state index contributed by atoms with van der Waals surface area (Å²) in [5, 5.41) is 12.1. The largest absolute Gasteiger partial charge is 0.497 e. The van der Waals surface area contributed by atoms with Crippen molar-refractivity contribution < 1.29 is 9.53 Å². The summed E-state index contributed by atoms with van der Waals surface area (Å²) in [4.78, 5) is 15.3. The zero-order valence-corrected chi connectivity index (χ0v) is 18.2. The third-order valence-electron chi connectivity index (χ3n) is 6.14. The topological polar surface area (TPSA) is 72.3 Å². The van der Waals surface area contributed by atoms with Gasteiger partial charge >= 0.3 is 0 Å². The number of aromatic nitrogens is 3. The molecule has 0 radical (unpaired) electrons. The van der Waals surface area contributed by atoms with Crippen LogP contribution in [0.15, 0.2) is 24.3 Å². The smallest absolute Gasteiger partial charge is 0.232 e. The molecule has 0 spiro atoms. The maximum atomic E-state index is 13.3. The van der Waals surface area contributed by atoms with Gasteiger partial charge in [-0.2, -0.15) is 0 Å². The molecular formula is C21H30ClN5O2. The number of nitrogens with one attached hydrogen (secondary N) is 1. The summed E-state index contributed by atoms with van der Waals surface area (Å²) < 4.78 is 7.50. The molecule has 1 N–H and O–H groups in total. The Hall–Kier alpha value is -2.12. The molecule has 0 atom stereocenters. The number of benzene rings is 1. The summed E-state index contributed by atoms with van der Waals surface area (Å²) in [5.41, 5.74) is 0.457. The van der Waals surface area contributed by atoms with Crippen LogP contribution in [-0.2, 0) is 23.3 Å². The Morgan fingerprint density at radius 2 is 1.83 bits per heavy atom. The fraction of sp³-hybridized carbons (Fsp3) is 0.571. The number of piperidine rings is 1. The zero-order valence-electron chi connectivity index (χ0n) is 17.4. The number of hydrogen-bond acceptors (Lipinski definition) is 5. The van der Waals surface area contributed by atoms with Crippen molar-refractivity contribution in [1.29, 1.82) is 0 Å². The first-order chi connectivity index (χ1) is 13.5. The Morgan fingerprint density at radius 3 is 2.48 bits per heavy atom. The van der Waals surface area contributed by atoms with Crippen LogP contribution in [0.4, 0.5) is 0 Å². The maximum absolute atomic E-state index is 13.3. The fourth-order valence-corrected chi connectivity index (χ4v) is 4.28. The molecule has 1 amide bonds. The standard InChI is InChI=1S/C21H29N5O2.ClH/c1-21(2,16-4-6-17(28-3)7-5-16)20(27)25-11-8-15(9-12-25)19-24-23-18-14-22-10-13-26(18)19;/h4-7,15,22H,8-14H2,1-3H3;1H. The van der Waals surface area contributed by atoms with E-state index in [1.54, 1.807) is 7.11 Å². The number of carbonyl (C=O) groups is 1. The average Bonchev–Trinajstić information content (AvgIpc) is 3.17. The highest BCUT2D eigenvalue weighted by Gasteiger charge is 2.36. The molecule has 1 fully saturated rings. The molecule has 2 aliphatic rings. The van der Waals surface area contributed by atoms with E-state index < -0.39 is 5.41 Å². The zero-order chi connectivity index (χ0) is 19.7. The van der Waals surface area contributed by atoms with Gasteiger partial charge in [-0.1, -0.05) is 12.1 Å². The minimum Gasteiger partial charge on any atom is -0.497 e. The van der Waals surface area contributed by atoms with Gasteiger partial charge in [-0.3, -0.25) is 4.79 Å². The molecule has 8 heteroatoms. The maximum Gasteiger partial charge on any atom is 0.232 e. The molecule has 7 nitrogen and oxygen atoms in total. The lowest BCUT2D eigenvalue weighted by Gasteiger charge is -2.37. The van der Waals surface area contributed by atoms with Crippen LogP contribution in [0.25, 0.3) is 0 Å². The van der Waals surface area contributed by atoms with Crippen LogP contribution in [0, 0.1) is 0 Å². The highest BCUT2D eigenvalue weighted by atomic mass is 35.5. The van der Waals surface area contributed by atoms with Gasteiger partial charge in [0.2, 0.25) is 5.91 Å². The van der Waals surface area contributed by atoms with E-state index in [0.29, 0.717) is 5.92 Å². The summed E-state index contributed by atoms with van der Waals surface area (Å²) in [7, 11) is 1.65. The molecule has 2 aromatic rings. The van der Waals surface area contributed by atoms with E-state index in [9.17, 15) is 4.79 Å². The number of rotatable bonds is 4. The molecule has 0 unspecified atom stereocenters. The molecule has 0 aliphatic carbocycles. The van der Waals surface area contributed by atoms with Crippen molar-refractivity contribution in [3.63, 3.8) is 0 Å². The van der Waals surface area contributed by atoms with Gasteiger partial charge < -0.3 is 19.5 Å². The average molecular weight is 420 g/mol. The van der Waals surface area contributed by atoms with E-state index in [0.717, 1.165) is 68.5 Å². The lowest BCUT2D eigenvalue weighted by atomic mass is 9.82. The molecular weight excluding hydrogens is 390 g/mol. The molecule has 2 aliphatic heterocycles. The molecule has 1 aromatic heterocycles. The van der Waals surface area contributed by atoms with Crippen LogP contribution in [0.2, 0.25) is 0 Å². The normalized spacial score (nSPS) is 17.4. The Balaban J connectivity index is 0.00000240. The van der Waals surface area contributed by atoms with Gasteiger partial charge in [0, 0.05) is 32.1 Å². The van der Waals surface area contributed by atoms with Crippen molar-refractivity contribution in [3.05, 3.63) is 41.5 Å². The van der Waals surface area contributed by atoms with Crippen LogP contribution in [-0.4, -0.2) is 52.3 Å². The molecule has 1 saturated heterocycles. The van der Waals surface area contributed by atoms with Crippen molar-refractivity contribution in [1.82, 2.24) is 25.0 Å². The molecule has 1 aromatic carbocycles. The number of halogens is 1. The van der Waals surface area contributed by atoms with Crippen molar-refractivity contribution >= 4 is 18.3 Å². The van der Waals surface area contributed by atoms with Gasteiger partial charge in [0.05, 0.1) is 19.1 Å². The first-order valence-electron chi connectivity index (χ1n) is 10.1. The summed E-state index contributed by atoms with van der Waals surface area (Å²) in [6.07, 6.45) is 1.88. The van der Waals surface area contributed by atoms with Gasteiger partial charge in [0.1, 0.15) is 17.4 Å². The lowest BCUT2D eigenvalue weighted by molar-refractivity contribution is -0.137. The minimum atomic E-state index is -0.557. The number of nitrogens with zero attached hydrogens (tertiary/aromatic N) is 4. The third kappa shape index (κ3) is 4.12. The summed E-state index contributed by atoms with van der Waals surface area (Å²) >= 11 is 0. The molecule has 3 heterocycles. The van der Waals surface area contributed by atoms with Gasteiger partial charge in [0.25, 0.3) is 0 Å². The number of amides is 1. The molecule has 158 valence electrons. The van der Waals surface area contributed by atoms with Crippen molar-refractivity contribution in [2.45, 2.75) is 51.1 Å². The fourth-order valence-electron chi connectivity index (χ4n) is 4.28. The number of carbonyl (C=O) groups excluding carboxylic acids is 1. The molecule has 4 rings (SSSR count). The number of methoxy groups -OCH3 is 1. The van der Waals surface area contributed by atoms with E-state index in [2.05, 4.69) is 20.1 Å². The Morgan fingerprint density at radius 1 is 1.14 bits per heavy atom. The van der Waals surface area contributed by atoms with Crippen LogP contribution in [0.3, 0.4) is 0 Å². The van der Waals surface area contributed by atoms with E-state index in [4.69, 9.17) is 4.74 Å². The van der Waals surface area contributed by atoms with E-state index in [1.165, 1.54) is 0 Å². The van der Waals surface area contributed by atoms with Crippen molar-refractivity contribution in [3.8, 4) is 5.75 Å². The van der Waals surface area contributed by atoms with Crippen LogP contribution >= 0.6 is 12.4 Å². The van der Waals surface area contributed by atoms with E-state index in [-0.39, 0.29) is 18.3 Å². The number of fused-ring (bicyclic) bond motifs is 1. The second-order valence-corrected chi connectivity index (χ2v) is 8.22. The second kappa shape index (κ2) is 8.71. The Bertz CT molecular complexity index is 841. The van der Waals surface area contributed by atoms with Gasteiger partial charge in [-0.15, -0.1) is 22.6 Å². The van der Waals surface area contributed by atoms with E-state index in [1.807, 2.05) is 43.0 Å². The predicted octanol–water partition coefficient (Wildman–Crippen LogP) is 2.50. The molecule has 0 saturated carbocycles. The quantitative estimate of drug-likeness (QED) is 0.824. The second-order valence-electron chi connectivity index (χ2n) is 8.22. The third-order valence-corrected chi connectivity index (χ3v) is 6.14. The number of hydrogen-bond donors (Lipinski definition) is 1. The van der Waals surface area contributed by atoms with Crippen molar-refractivity contribution in [2.24, 2.45) is 0 Å². The first-order valence-corrected chi connectivity index (χ1v) is 10.1.